The van der Waals surface area contributed by atoms with Crippen LogP contribution in [-0.2, 0) is 4.74 Å². The average molecular weight is 289 g/mol. The second-order valence-corrected chi connectivity index (χ2v) is 5.79. The lowest BCUT2D eigenvalue weighted by Gasteiger charge is -2.35. The lowest BCUT2D eigenvalue weighted by Crippen LogP contribution is -2.48. The van der Waals surface area contributed by atoms with E-state index in [1.54, 1.807) is 0 Å². The van der Waals surface area contributed by atoms with Crippen LogP contribution in [0.2, 0.25) is 0 Å². The van der Waals surface area contributed by atoms with Gasteiger partial charge in [-0.3, -0.25) is 4.90 Å². The zero-order valence-electron chi connectivity index (χ0n) is 11.8. The largest absolute Gasteiger partial charge is 0.397 e. The minimum atomic E-state index is 0.201. The number of aromatic nitrogens is 2. The van der Waals surface area contributed by atoms with Gasteiger partial charge in [0.2, 0.25) is 0 Å². The van der Waals surface area contributed by atoms with Crippen LogP contribution in [0.4, 0.5) is 11.4 Å². The second-order valence-electron chi connectivity index (χ2n) is 5.79. The third-order valence-electron chi connectivity index (χ3n) is 4.43. The van der Waals surface area contributed by atoms with Crippen molar-refractivity contribution in [3.8, 4) is 0 Å². The number of anilines is 2. The van der Waals surface area contributed by atoms with E-state index in [4.69, 9.17) is 15.1 Å². The Morgan fingerprint density at radius 2 is 2.24 bits per heavy atom. The molecule has 2 atom stereocenters. The second kappa shape index (κ2) is 5.16. The molecule has 4 rings (SSSR count). The summed E-state index contributed by atoms with van der Waals surface area (Å²) >= 11 is 0. The van der Waals surface area contributed by atoms with Gasteiger partial charge in [0, 0.05) is 19.1 Å². The maximum atomic E-state index is 5.94. The van der Waals surface area contributed by atoms with Crippen LogP contribution < -0.4 is 11.1 Å². The summed E-state index contributed by atoms with van der Waals surface area (Å²) in [5, 5.41) is 11.1. The van der Waals surface area contributed by atoms with Gasteiger partial charge in [0.1, 0.15) is 0 Å². The molecule has 1 aromatic carbocycles. The third kappa shape index (κ3) is 2.32. The molecule has 1 aromatic heterocycles. The van der Waals surface area contributed by atoms with Crippen LogP contribution in [0.25, 0.3) is 11.0 Å². The van der Waals surface area contributed by atoms with Crippen molar-refractivity contribution in [2.24, 2.45) is 0 Å². The van der Waals surface area contributed by atoms with Gasteiger partial charge in [-0.25, -0.2) is 4.63 Å². The average Bonchev–Trinajstić information content (AvgIpc) is 3.15. The molecular weight excluding hydrogens is 270 g/mol. The molecule has 2 fully saturated rings. The van der Waals surface area contributed by atoms with Crippen molar-refractivity contribution in [1.29, 1.82) is 0 Å². The summed E-state index contributed by atoms with van der Waals surface area (Å²) < 4.78 is 10.7. The number of nitrogens with one attached hydrogen (secondary N) is 1. The van der Waals surface area contributed by atoms with Gasteiger partial charge in [-0.1, -0.05) is 0 Å². The molecule has 0 aliphatic carbocycles. The van der Waals surface area contributed by atoms with Crippen molar-refractivity contribution < 1.29 is 9.37 Å². The molecule has 0 amide bonds. The molecule has 3 N–H and O–H groups in total. The van der Waals surface area contributed by atoms with E-state index < -0.39 is 0 Å². The first-order valence-electron chi connectivity index (χ1n) is 7.41. The Kier molecular flexibility index (Phi) is 3.16. The molecule has 2 unspecified atom stereocenters. The first-order chi connectivity index (χ1) is 10.3. The fourth-order valence-corrected chi connectivity index (χ4v) is 3.26. The molecule has 0 spiro atoms. The Balaban J connectivity index is 1.44. The van der Waals surface area contributed by atoms with Crippen LogP contribution in [0.1, 0.15) is 12.8 Å². The van der Waals surface area contributed by atoms with Gasteiger partial charge >= 0.3 is 0 Å². The SMILES string of the molecule is Nc1ccc(NCC2CN3CCCC3CO2)c2nonc12. The van der Waals surface area contributed by atoms with Crippen molar-refractivity contribution in [3.63, 3.8) is 0 Å². The molecule has 21 heavy (non-hydrogen) atoms. The number of morpholine rings is 1. The molecular formula is C14H19N5O2. The lowest BCUT2D eigenvalue weighted by molar-refractivity contribution is -0.0415. The topological polar surface area (TPSA) is 89.4 Å². The summed E-state index contributed by atoms with van der Waals surface area (Å²) in [6.07, 6.45) is 2.76. The predicted octanol–water partition coefficient (Wildman–Crippen LogP) is 1.08. The molecule has 2 aliphatic heterocycles. The van der Waals surface area contributed by atoms with Crippen LogP contribution >= 0.6 is 0 Å². The monoisotopic (exact) mass is 289 g/mol. The number of benzene rings is 1. The summed E-state index contributed by atoms with van der Waals surface area (Å²) in [5.41, 5.74) is 8.57. The number of hydrogen-bond acceptors (Lipinski definition) is 7. The number of ether oxygens (including phenoxy) is 1. The van der Waals surface area contributed by atoms with Crippen molar-refractivity contribution in [2.45, 2.75) is 25.0 Å². The molecule has 2 aliphatic rings. The van der Waals surface area contributed by atoms with E-state index >= 15 is 0 Å². The number of nitrogen functional groups attached to an aromatic ring is 1. The van der Waals surface area contributed by atoms with Crippen LogP contribution in [0.15, 0.2) is 16.8 Å². The highest BCUT2D eigenvalue weighted by atomic mass is 16.6. The number of rotatable bonds is 3. The summed E-state index contributed by atoms with van der Waals surface area (Å²) in [5.74, 6) is 0. The van der Waals surface area contributed by atoms with Crippen molar-refractivity contribution in [3.05, 3.63) is 12.1 Å². The first kappa shape index (κ1) is 12.8. The van der Waals surface area contributed by atoms with E-state index in [9.17, 15) is 0 Å². The molecule has 3 heterocycles. The summed E-state index contributed by atoms with van der Waals surface area (Å²) in [6, 6.07) is 4.35. The Morgan fingerprint density at radius 1 is 1.33 bits per heavy atom. The maximum Gasteiger partial charge on any atom is 0.160 e. The van der Waals surface area contributed by atoms with E-state index in [1.807, 2.05) is 12.1 Å². The smallest absolute Gasteiger partial charge is 0.160 e. The Labute approximate surface area is 122 Å². The van der Waals surface area contributed by atoms with E-state index in [2.05, 4.69) is 20.5 Å². The summed E-state index contributed by atoms with van der Waals surface area (Å²) in [6.45, 7) is 3.78. The molecule has 0 radical (unpaired) electrons. The fraction of sp³-hybridized carbons (Fsp3) is 0.571. The van der Waals surface area contributed by atoms with Crippen LogP contribution in [0.3, 0.4) is 0 Å². The first-order valence-corrected chi connectivity index (χ1v) is 7.41. The van der Waals surface area contributed by atoms with Gasteiger partial charge in [-0.2, -0.15) is 0 Å². The van der Waals surface area contributed by atoms with Gasteiger partial charge in [0.05, 0.1) is 24.1 Å². The fourth-order valence-electron chi connectivity index (χ4n) is 3.26. The van der Waals surface area contributed by atoms with Crippen LogP contribution in [0, 0.1) is 0 Å². The minimum absolute atomic E-state index is 0.201. The zero-order chi connectivity index (χ0) is 14.2. The van der Waals surface area contributed by atoms with Gasteiger partial charge in [0.25, 0.3) is 0 Å². The highest BCUT2D eigenvalue weighted by Gasteiger charge is 2.32. The van der Waals surface area contributed by atoms with Gasteiger partial charge in [0.15, 0.2) is 11.0 Å². The third-order valence-corrected chi connectivity index (χ3v) is 4.43. The Hall–Kier alpha value is -1.86. The maximum absolute atomic E-state index is 5.94. The van der Waals surface area contributed by atoms with E-state index in [0.29, 0.717) is 22.8 Å². The zero-order valence-corrected chi connectivity index (χ0v) is 11.8. The molecule has 2 saturated heterocycles. The predicted molar refractivity (Wildman–Crippen MR) is 79.0 cm³/mol. The van der Waals surface area contributed by atoms with Gasteiger partial charge < -0.3 is 15.8 Å². The highest BCUT2D eigenvalue weighted by Crippen LogP contribution is 2.26. The normalized spacial score (nSPS) is 26.1. The van der Waals surface area contributed by atoms with Crippen LogP contribution in [-0.4, -0.2) is 53.6 Å². The summed E-state index contributed by atoms with van der Waals surface area (Å²) in [4.78, 5) is 2.53. The van der Waals surface area contributed by atoms with E-state index in [1.165, 1.54) is 19.4 Å². The molecule has 7 heteroatoms. The standard InChI is InChI=1S/C14H19N5O2/c15-11-3-4-12(14-13(11)17-21-18-14)16-6-10-7-19-5-1-2-9(19)8-20-10/h3-4,9-10,16H,1-2,5-8,15H2. The number of nitrogens with two attached hydrogens (primary N) is 1. The van der Waals surface area contributed by atoms with Crippen molar-refractivity contribution in [2.75, 3.05) is 37.3 Å². The molecule has 0 saturated carbocycles. The van der Waals surface area contributed by atoms with Crippen LogP contribution in [0.5, 0.6) is 0 Å². The summed E-state index contributed by atoms with van der Waals surface area (Å²) in [7, 11) is 0. The highest BCUT2D eigenvalue weighted by molar-refractivity contribution is 5.94. The van der Waals surface area contributed by atoms with E-state index in [0.717, 1.165) is 25.4 Å². The molecule has 0 bridgehead atoms. The Bertz CT molecular complexity index is 643. The molecule has 2 aromatic rings. The minimum Gasteiger partial charge on any atom is -0.397 e. The van der Waals surface area contributed by atoms with Gasteiger partial charge in [-0.15, -0.1) is 0 Å². The van der Waals surface area contributed by atoms with Crippen molar-refractivity contribution in [1.82, 2.24) is 15.2 Å². The van der Waals surface area contributed by atoms with Crippen molar-refractivity contribution >= 4 is 22.4 Å². The van der Waals surface area contributed by atoms with Gasteiger partial charge in [-0.05, 0) is 41.8 Å². The molecule has 7 nitrogen and oxygen atoms in total. The number of nitrogens with zero attached hydrogens (tertiary/aromatic N) is 3. The quantitative estimate of drug-likeness (QED) is 0.817. The number of hydrogen-bond donors (Lipinski definition) is 2. The van der Waals surface area contributed by atoms with E-state index in [-0.39, 0.29) is 6.10 Å². The lowest BCUT2D eigenvalue weighted by atomic mass is 10.2. The Morgan fingerprint density at radius 3 is 3.19 bits per heavy atom. The number of fused-ring (bicyclic) bond motifs is 2. The molecule has 112 valence electrons.